The molecule has 0 saturated carbocycles. The number of rotatable bonds is 7. The van der Waals surface area contributed by atoms with Crippen molar-refractivity contribution in [1.82, 2.24) is 5.32 Å². The quantitative estimate of drug-likeness (QED) is 0.370. The first-order chi connectivity index (χ1) is 17.6. The average Bonchev–Trinajstić information content (AvgIpc) is 2.92. The van der Waals surface area contributed by atoms with Crippen LogP contribution in [0.15, 0.2) is 89.5 Å². The fourth-order valence-corrected chi connectivity index (χ4v) is 5.24. The summed E-state index contributed by atoms with van der Waals surface area (Å²) in [7, 11) is 0. The third-order valence-electron chi connectivity index (χ3n) is 6.87. The van der Waals surface area contributed by atoms with Crippen LogP contribution in [-0.4, -0.2) is 25.3 Å². The molecule has 5 rings (SSSR count). The van der Waals surface area contributed by atoms with E-state index in [1.54, 1.807) is 0 Å². The minimum atomic E-state index is -0.0582. The molecule has 0 saturated heterocycles. The summed E-state index contributed by atoms with van der Waals surface area (Å²) in [5.41, 5.74) is 8.06. The van der Waals surface area contributed by atoms with E-state index in [0.717, 1.165) is 66.8 Å². The van der Waals surface area contributed by atoms with Crippen LogP contribution in [0.1, 0.15) is 51.1 Å². The molecule has 4 nitrogen and oxygen atoms in total. The lowest BCUT2D eigenvalue weighted by Crippen LogP contribution is -2.30. The van der Waals surface area contributed by atoms with Gasteiger partial charge < -0.3 is 10.2 Å². The van der Waals surface area contributed by atoms with Crippen LogP contribution in [0.25, 0.3) is 11.1 Å². The van der Waals surface area contributed by atoms with Gasteiger partial charge in [0.05, 0.1) is 0 Å². The van der Waals surface area contributed by atoms with E-state index < -0.39 is 0 Å². The van der Waals surface area contributed by atoms with Crippen molar-refractivity contribution in [3.8, 4) is 11.1 Å². The monoisotopic (exact) mass is 496 g/mol. The highest BCUT2D eigenvalue weighted by atomic mass is 35.5. The van der Waals surface area contributed by atoms with Gasteiger partial charge in [0, 0.05) is 41.5 Å². The Labute approximate surface area is 217 Å². The zero-order valence-electron chi connectivity index (χ0n) is 20.2. The maximum Gasteiger partial charge on any atom is 0.251 e. The second-order valence-corrected chi connectivity index (χ2v) is 9.85. The number of carbonyl (C=O) groups excluding carboxylic acids is 2. The molecule has 0 spiro atoms. The molecule has 1 N–H and O–H groups in total. The van der Waals surface area contributed by atoms with Crippen LogP contribution < -0.4 is 10.2 Å². The van der Waals surface area contributed by atoms with Gasteiger partial charge in [0.25, 0.3) is 5.91 Å². The summed E-state index contributed by atoms with van der Waals surface area (Å²) in [5.74, 6) is -0.0582. The van der Waals surface area contributed by atoms with Gasteiger partial charge in [-0.1, -0.05) is 66.2 Å². The SMILES string of the molecule is O=Cc1ccccc1-c1ccc(CN2CCCc3cc(C(=O)NCC4=CCCC(Cl)=C4)ccc32)cc1. The summed E-state index contributed by atoms with van der Waals surface area (Å²) >= 11 is 6.13. The minimum absolute atomic E-state index is 0.0582. The highest BCUT2D eigenvalue weighted by Crippen LogP contribution is 2.30. The van der Waals surface area contributed by atoms with E-state index in [4.69, 9.17) is 11.6 Å². The topological polar surface area (TPSA) is 49.4 Å². The number of carbonyl (C=O) groups is 2. The molecule has 36 heavy (non-hydrogen) atoms. The van der Waals surface area contributed by atoms with E-state index in [1.165, 1.54) is 16.8 Å². The van der Waals surface area contributed by atoms with Crippen molar-refractivity contribution in [2.24, 2.45) is 0 Å². The van der Waals surface area contributed by atoms with Gasteiger partial charge in [-0.05, 0) is 77.8 Å². The Balaban J connectivity index is 1.26. The van der Waals surface area contributed by atoms with Crippen LogP contribution >= 0.6 is 11.6 Å². The third kappa shape index (κ3) is 5.44. The lowest BCUT2D eigenvalue weighted by atomic mass is 9.97. The zero-order chi connectivity index (χ0) is 24.9. The Kier molecular flexibility index (Phi) is 7.33. The molecular weight excluding hydrogens is 468 g/mol. The van der Waals surface area contributed by atoms with Crippen molar-refractivity contribution < 1.29 is 9.59 Å². The summed E-state index contributed by atoms with van der Waals surface area (Å²) in [5, 5.41) is 3.87. The van der Waals surface area contributed by atoms with E-state index in [9.17, 15) is 9.59 Å². The Morgan fingerprint density at radius 3 is 2.67 bits per heavy atom. The van der Waals surface area contributed by atoms with E-state index in [2.05, 4.69) is 46.6 Å². The lowest BCUT2D eigenvalue weighted by molar-refractivity contribution is 0.0956. The van der Waals surface area contributed by atoms with Gasteiger partial charge in [-0.15, -0.1) is 0 Å². The van der Waals surface area contributed by atoms with E-state index >= 15 is 0 Å². The van der Waals surface area contributed by atoms with Crippen molar-refractivity contribution >= 4 is 29.5 Å². The van der Waals surface area contributed by atoms with Gasteiger partial charge in [-0.25, -0.2) is 0 Å². The largest absolute Gasteiger partial charge is 0.367 e. The number of anilines is 1. The van der Waals surface area contributed by atoms with E-state index in [0.29, 0.717) is 17.7 Å². The summed E-state index contributed by atoms with van der Waals surface area (Å²) in [6.07, 6.45) is 8.80. The number of nitrogens with zero attached hydrogens (tertiary/aromatic N) is 1. The lowest BCUT2D eigenvalue weighted by Gasteiger charge is -2.32. The first-order valence-corrected chi connectivity index (χ1v) is 12.8. The highest BCUT2D eigenvalue weighted by molar-refractivity contribution is 6.29. The molecule has 3 aromatic rings. The molecule has 1 aliphatic carbocycles. The molecule has 0 radical (unpaired) electrons. The number of benzene rings is 3. The van der Waals surface area contributed by atoms with Crippen LogP contribution in [0.2, 0.25) is 0 Å². The number of allylic oxidation sites excluding steroid dienone is 2. The molecule has 0 bridgehead atoms. The molecule has 0 atom stereocenters. The predicted molar refractivity (Wildman–Crippen MR) is 147 cm³/mol. The number of halogens is 1. The van der Waals surface area contributed by atoms with E-state index in [1.807, 2.05) is 42.5 Å². The molecule has 0 aromatic heterocycles. The first-order valence-electron chi connectivity index (χ1n) is 12.5. The minimum Gasteiger partial charge on any atom is -0.367 e. The maximum atomic E-state index is 12.8. The van der Waals surface area contributed by atoms with Gasteiger partial charge in [0.2, 0.25) is 0 Å². The maximum absolute atomic E-state index is 12.8. The van der Waals surface area contributed by atoms with Crippen molar-refractivity contribution in [3.05, 3.63) is 112 Å². The van der Waals surface area contributed by atoms with Crippen LogP contribution in [0.3, 0.4) is 0 Å². The van der Waals surface area contributed by atoms with Crippen LogP contribution in [-0.2, 0) is 13.0 Å². The highest BCUT2D eigenvalue weighted by Gasteiger charge is 2.19. The fourth-order valence-electron chi connectivity index (χ4n) is 4.99. The molecule has 182 valence electrons. The smallest absolute Gasteiger partial charge is 0.251 e. The molecule has 0 unspecified atom stereocenters. The van der Waals surface area contributed by atoms with Crippen molar-refractivity contribution in [2.45, 2.75) is 32.2 Å². The van der Waals surface area contributed by atoms with Crippen molar-refractivity contribution in [2.75, 3.05) is 18.0 Å². The van der Waals surface area contributed by atoms with Gasteiger partial charge >= 0.3 is 0 Å². The Bertz CT molecular complexity index is 1340. The zero-order valence-corrected chi connectivity index (χ0v) is 20.9. The van der Waals surface area contributed by atoms with Crippen LogP contribution in [0.4, 0.5) is 5.69 Å². The molecule has 1 amide bonds. The second kappa shape index (κ2) is 11.0. The predicted octanol–water partition coefficient (Wildman–Crippen LogP) is 6.69. The van der Waals surface area contributed by atoms with Crippen LogP contribution in [0.5, 0.6) is 0 Å². The number of amides is 1. The van der Waals surface area contributed by atoms with Crippen molar-refractivity contribution in [1.29, 1.82) is 0 Å². The number of hydrogen-bond donors (Lipinski definition) is 1. The summed E-state index contributed by atoms with van der Waals surface area (Å²) in [4.78, 5) is 26.6. The summed E-state index contributed by atoms with van der Waals surface area (Å²) in [6.45, 7) is 2.27. The molecule has 1 aliphatic heterocycles. The summed E-state index contributed by atoms with van der Waals surface area (Å²) in [6, 6.07) is 22.1. The number of nitrogens with one attached hydrogen (secondary N) is 1. The molecule has 2 aliphatic rings. The van der Waals surface area contributed by atoms with Crippen molar-refractivity contribution in [3.63, 3.8) is 0 Å². The molecule has 1 heterocycles. The molecule has 0 fully saturated rings. The Hall–Kier alpha value is -3.63. The fraction of sp³-hybridized carbons (Fsp3) is 0.226. The number of aryl methyl sites for hydroxylation is 1. The second-order valence-electron chi connectivity index (χ2n) is 9.36. The third-order valence-corrected chi connectivity index (χ3v) is 7.17. The van der Waals surface area contributed by atoms with Crippen LogP contribution in [0, 0.1) is 0 Å². The Morgan fingerprint density at radius 2 is 1.86 bits per heavy atom. The average molecular weight is 497 g/mol. The van der Waals surface area contributed by atoms with E-state index in [-0.39, 0.29) is 5.91 Å². The van der Waals surface area contributed by atoms with Gasteiger partial charge in [0.15, 0.2) is 6.29 Å². The number of aldehydes is 1. The Morgan fingerprint density at radius 1 is 1.03 bits per heavy atom. The molecule has 3 aromatic carbocycles. The standard InChI is InChI=1S/C31H29ClN2O2/c32-28-8-3-5-23(17-28)19-33-31(36)26-14-15-30-25(18-26)7-4-16-34(30)20-22-10-12-24(13-11-22)29-9-2-1-6-27(29)21-35/h1-2,5-6,9-15,17-18,21H,3-4,7-8,16,19-20H2,(H,33,36). The molecular formula is C31H29ClN2O2. The number of hydrogen-bond acceptors (Lipinski definition) is 3. The van der Waals surface area contributed by atoms with Gasteiger partial charge in [-0.2, -0.15) is 0 Å². The normalized spacial score (nSPS) is 15.0. The van der Waals surface area contributed by atoms with Gasteiger partial charge in [0.1, 0.15) is 0 Å². The molecule has 5 heteroatoms. The summed E-state index contributed by atoms with van der Waals surface area (Å²) < 4.78 is 0. The number of fused-ring (bicyclic) bond motifs is 1. The van der Waals surface area contributed by atoms with Gasteiger partial charge in [-0.3, -0.25) is 9.59 Å². The first kappa shape index (κ1) is 24.1.